The number of carbonyl (C=O) groups is 2. The third kappa shape index (κ3) is 4.33. The van der Waals surface area contributed by atoms with Gasteiger partial charge in [0.2, 0.25) is 5.91 Å². The zero-order valence-corrected chi connectivity index (χ0v) is 13.8. The topological polar surface area (TPSA) is 49.4 Å². The van der Waals surface area contributed by atoms with Gasteiger partial charge in [-0.2, -0.15) is 0 Å². The molecule has 1 aromatic rings. The van der Waals surface area contributed by atoms with E-state index in [0.717, 1.165) is 30.5 Å². The fourth-order valence-corrected chi connectivity index (χ4v) is 2.67. The standard InChI is InChI=1S/C18H26N2O2/c1-13(2)12-19-17(21)15-8-10-20(11-9-15)18(22)16-6-4-14(3)5-7-16/h4-7,13,15H,8-12H2,1-3H3,(H,19,21). The third-order valence-electron chi connectivity index (χ3n) is 4.14. The number of carbonyl (C=O) groups excluding carboxylic acids is 2. The first-order valence-corrected chi connectivity index (χ1v) is 8.11. The summed E-state index contributed by atoms with van der Waals surface area (Å²) in [5, 5.41) is 2.99. The minimum absolute atomic E-state index is 0.0424. The molecule has 0 saturated carbocycles. The molecule has 120 valence electrons. The molecule has 1 aromatic carbocycles. The highest BCUT2D eigenvalue weighted by Gasteiger charge is 2.27. The largest absolute Gasteiger partial charge is 0.356 e. The van der Waals surface area contributed by atoms with E-state index < -0.39 is 0 Å². The number of nitrogens with zero attached hydrogens (tertiary/aromatic N) is 1. The van der Waals surface area contributed by atoms with E-state index >= 15 is 0 Å². The number of hydrogen-bond donors (Lipinski definition) is 1. The second-order valence-corrected chi connectivity index (χ2v) is 6.57. The van der Waals surface area contributed by atoms with Crippen LogP contribution in [0, 0.1) is 18.8 Å². The lowest BCUT2D eigenvalue weighted by Crippen LogP contribution is -2.43. The number of aryl methyl sites for hydroxylation is 1. The second-order valence-electron chi connectivity index (χ2n) is 6.57. The lowest BCUT2D eigenvalue weighted by atomic mass is 9.95. The van der Waals surface area contributed by atoms with Crippen molar-refractivity contribution in [2.24, 2.45) is 11.8 Å². The molecule has 2 amide bonds. The Kier molecular flexibility index (Phi) is 5.58. The van der Waals surface area contributed by atoms with Crippen molar-refractivity contribution < 1.29 is 9.59 Å². The van der Waals surface area contributed by atoms with E-state index in [0.29, 0.717) is 19.0 Å². The summed E-state index contributed by atoms with van der Waals surface area (Å²) in [5.74, 6) is 0.713. The van der Waals surface area contributed by atoms with Crippen LogP contribution in [0.1, 0.15) is 42.6 Å². The lowest BCUT2D eigenvalue weighted by molar-refractivity contribution is -0.126. The minimum Gasteiger partial charge on any atom is -0.356 e. The molecule has 1 saturated heterocycles. The summed E-state index contributed by atoms with van der Waals surface area (Å²) in [5.41, 5.74) is 1.88. The molecule has 0 bridgehead atoms. The Morgan fingerprint density at radius 1 is 1.18 bits per heavy atom. The van der Waals surface area contributed by atoms with Crippen LogP contribution >= 0.6 is 0 Å². The van der Waals surface area contributed by atoms with Gasteiger partial charge in [0.1, 0.15) is 0 Å². The lowest BCUT2D eigenvalue weighted by Gasteiger charge is -2.31. The Morgan fingerprint density at radius 3 is 2.32 bits per heavy atom. The molecule has 1 N–H and O–H groups in total. The maximum absolute atomic E-state index is 12.4. The quantitative estimate of drug-likeness (QED) is 0.929. The normalized spacial score (nSPS) is 15.9. The maximum atomic E-state index is 12.4. The highest BCUT2D eigenvalue weighted by molar-refractivity contribution is 5.94. The van der Waals surface area contributed by atoms with Gasteiger partial charge in [0.15, 0.2) is 0 Å². The Bertz CT molecular complexity index is 514. The van der Waals surface area contributed by atoms with Gasteiger partial charge in [0, 0.05) is 31.1 Å². The number of likely N-dealkylation sites (tertiary alicyclic amines) is 1. The molecule has 1 aliphatic rings. The van der Waals surface area contributed by atoms with Crippen molar-refractivity contribution in [2.45, 2.75) is 33.6 Å². The van der Waals surface area contributed by atoms with Crippen LogP contribution < -0.4 is 5.32 Å². The molecule has 4 heteroatoms. The van der Waals surface area contributed by atoms with E-state index in [-0.39, 0.29) is 17.7 Å². The van der Waals surface area contributed by atoms with Crippen LogP contribution in [0.2, 0.25) is 0 Å². The van der Waals surface area contributed by atoms with Crippen molar-refractivity contribution in [1.29, 1.82) is 0 Å². The monoisotopic (exact) mass is 302 g/mol. The van der Waals surface area contributed by atoms with E-state index in [1.54, 1.807) is 0 Å². The Hall–Kier alpha value is -1.84. The minimum atomic E-state index is 0.0424. The van der Waals surface area contributed by atoms with E-state index in [9.17, 15) is 9.59 Å². The van der Waals surface area contributed by atoms with E-state index in [1.807, 2.05) is 36.1 Å². The molecule has 0 radical (unpaired) electrons. The van der Waals surface area contributed by atoms with Crippen LogP contribution in [0.3, 0.4) is 0 Å². The molecule has 1 fully saturated rings. The highest BCUT2D eigenvalue weighted by atomic mass is 16.2. The van der Waals surface area contributed by atoms with Crippen LogP contribution in [-0.2, 0) is 4.79 Å². The Balaban J connectivity index is 1.85. The maximum Gasteiger partial charge on any atom is 0.253 e. The zero-order valence-electron chi connectivity index (χ0n) is 13.8. The van der Waals surface area contributed by atoms with Gasteiger partial charge in [-0.3, -0.25) is 9.59 Å². The van der Waals surface area contributed by atoms with E-state index in [1.165, 1.54) is 0 Å². The third-order valence-corrected chi connectivity index (χ3v) is 4.14. The highest BCUT2D eigenvalue weighted by Crippen LogP contribution is 2.19. The molecule has 0 unspecified atom stereocenters. The molecule has 0 aromatic heterocycles. The second kappa shape index (κ2) is 7.43. The summed E-state index contributed by atoms with van der Waals surface area (Å²) in [4.78, 5) is 26.4. The fraction of sp³-hybridized carbons (Fsp3) is 0.556. The van der Waals surface area contributed by atoms with Crippen molar-refractivity contribution >= 4 is 11.8 Å². The van der Waals surface area contributed by atoms with Crippen molar-refractivity contribution in [2.75, 3.05) is 19.6 Å². The molecule has 0 atom stereocenters. The zero-order chi connectivity index (χ0) is 16.1. The van der Waals surface area contributed by atoms with Gasteiger partial charge < -0.3 is 10.2 Å². The van der Waals surface area contributed by atoms with Crippen LogP contribution in [0.25, 0.3) is 0 Å². The van der Waals surface area contributed by atoms with Crippen molar-refractivity contribution in [1.82, 2.24) is 10.2 Å². The summed E-state index contributed by atoms with van der Waals surface area (Å²) in [6, 6.07) is 7.66. The number of benzene rings is 1. The predicted molar refractivity (Wildman–Crippen MR) is 87.7 cm³/mol. The molecular weight excluding hydrogens is 276 g/mol. The van der Waals surface area contributed by atoms with Gasteiger partial charge in [0.05, 0.1) is 0 Å². The first-order chi connectivity index (χ1) is 10.5. The van der Waals surface area contributed by atoms with Crippen molar-refractivity contribution in [3.8, 4) is 0 Å². The summed E-state index contributed by atoms with van der Waals surface area (Å²) in [6.45, 7) is 8.22. The summed E-state index contributed by atoms with van der Waals surface area (Å²) in [6.07, 6.45) is 1.50. The van der Waals surface area contributed by atoms with Gasteiger partial charge in [-0.25, -0.2) is 0 Å². The molecular formula is C18H26N2O2. The summed E-state index contributed by atoms with van der Waals surface area (Å²) in [7, 11) is 0. The molecule has 0 spiro atoms. The molecule has 4 nitrogen and oxygen atoms in total. The van der Waals surface area contributed by atoms with Gasteiger partial charge in [0.25, 0.3) is 5.91 Å². The van der Waals surface area contributed by atoms with Crippen LogP contribution in [0.15, 0.2) is 24.3 Å². The molecule has 1 heterocycles. The molecule has 1 aliphatic heterocycles. The van der Waals surface area contributed by atoms with Gasteiger partial charge in [-0.15, -0.1) is 0 Å². The van der Waals surface area contributed by atoms with Crippen molar-refractivity contribution in [3.05, 3.63) is 35.4 Å². The number of amides is 2. The molecule has 0 aliphatic carbocycles. The van der Waals surface area contributed by atoms with Gasteiger partial charge in [-0.1, -0.05) is 31.5 Å². The number of nitrogens with one attached hydrogen (secondary N) is 1. The molecule has 22 heavy (non-hydrogen) atoms. The predicted octanol–water partition coefficient (Wildman–Crippen LogP) is 2.62. The average molecular weight is 302 g/mol. The van der Waals surface area contributed by atoms with Crippen LogP contribution in [0.4, 0.5) is 0 Å². The smallest absolute Gasteiger partial charge is 0.253 e. The van der Waals surface area contributed by atoms with Gasteiger partial charge in [-0.05, 0) is 37.8 Å². The summed E-state index contributed by atoms with van der Waals surface area (Å²) >= 11 is 0. The SMILES string of the molecule is Cc1ccc(C(=O)N2CCC(C(=O)NCC(C)C)CC2)cc1. The average Bonchev–Trinajstić information content (AvgIpc) is 2.53. The number of hydrogen-bond acceptors (Lipinski definition) is 2. The first-order valence-electron chi connectivity index (χ1n) is 8.11. The fourth-order valence-electron chi connectivity index (χ4n) is 2.67. The van der Waals surface area contributed by atoms with Crippen LogP contribution in [0.5, 0.6) is 0 Å². The van der Waals surface area contributed by atoms with Crippen molar-refractivity contribution in [3.63, 3.8) is 0 Å². The Morgan fingerprint density at radius 2 is 1.77 bits per heavy atom. The van der Waals surface area contributed by atoms with E-state index in [4.69, 9.17) is 0 Å². The van der Waals surface area contributed by atoms with Crippen LogP contribution in [-0.4, -0.2) is 36.3 Å². The van der Waals surface area contributed by atoms with Gasteiger partial charge >= 0.3 is 0 Å². The first kappa shape index (κ1) is 16.5. The number of rotatable bonds is 4. The number of piperidine rings is 1. The summed E-state index contributed by atoms with van der Waals surface area (Å²) < 4.78 is 0. The van der Waals surface area contributed by atoms with E-state index in [2.05, 4.69) is 19.2 Å². The molecule has 2 rings (SSSR count). The Labute approximate surface area is 132 Å².